The van der Waals surface area contributed by atoms with Crippen molar-refractivity contribution < 1.29 is 4.79 Å². The van der Waals surface area contributed by atoms with Gasteiger partial charge >= 0.3 is 0 Å². The average Bonchev–Trinajstić information content (AvgIpc) is 3.36. The molecule has 0 radical (unpaired) electrons. The van der Waals surface area contributed by atoms with E-state index in [1.807, 2.05) is 37.3 Å². The number of aromatic amines is 1. The van der Waals surface area contributed by atoms with Crippen LogP contribution in [0.4, 0.5) is 0 Å². The Balaban J connectivity index is 1.54. The molecule has 0 spiro atoms. The molecule has 0 amide bonds. The second-order valence-corrected chi connectivity index (χ2v) is 10.2. The van der Waals surface area contributed by atoms with Gasteiger partial charge in [0, 0.05) is 0 Å². The Morgan fingerprint density at radius 2 is 2.07 bits per heavy atom. The second kappa shape index (κ2) is 9.11. The summed E-state index contributed by atoms with van der Waals surface area (Å²) in [6, 6.07) is 9.48. The van der Waals surface area contributed by atoms with Crippen LogP contribution in [-0.4, -0.2) is 46.7 Å². The van der Waals surface area contributed by atoms with Crippen LogP contribution in [0.25, 0.3) is 16.7 Å². The first-order valence-corrected chi connectivity index (χ1v) is 11.9. The maximum Gasteiger partial charge on any atom is 0.262 e. The lowest BCUT2D eigenvalue weighted by atomic mass is 10.2. The molecule has 0 saturated heterocycles. The van der Waals surface area contributed by atoms with Crippen molar-refractivity contribution in [2.75, 3.05) is 5.75 Å². The normalized spacial score (nSPS) is 12.3. The minimum Gasteiger partial charge on any atom is -0.301 e. The van der Waals surface area contributed by atoms with E-state index >= 15 is 0 Å². The topological polar surface area (TPSA) is 106 Å². The van der Waals surface area contributed by atoms with Gasteiger partial charge in [-0.2, -0.15) is 5.10 Å². The SMILES string of the molecule is CCSc1nnc(CC(=O)C(C)Sc2nc3c(cnn3-c3ccccc3)c(=O)[nH]2)s1. The van der Waals surface area contributed by atoms with E-state index in [0.29, 0.717) is 21.2 Å². The van der Waals surface area contributed by atoms with Gasteiger partial charge in [0.25, 0.3) is 5.56 Å². The number of carbonyl (C=O) groups excluding carboxylic acids is 1. The number of fused-ring (bicyclic) bond motifs is 1. The van der Waals surface area contributed by atoms with Gasteiger partial charge < -0.3 is 4.98 Å². The predicted octanol–water partition coefficient (Wildman–Crippen LogP) is 3.36. The van der Waals surface area contributed by atoms with Gasteiger partial charge in [0.15, 0.2) is 20.9 Å². The van der Waals surface area contributed by atoms with Crippen molar-refractivity contribution in [3.05, 3.63) is 51.9 Å². The number of ketones is 1. The number of H-pyrrole nitrogens is 1. The summed E-state index contributed by atoms with van der Waals surface area (Å²) in [7, 11) is 0. The molecule has 1 atom stereocenters. The highest BCUT2D eigenvalue weighted by Gasteiger charge is 2.20. The molecule has 8 nitrogen and oxygen atoms in total. The van der Waals surface area contributed by atoms with E-state index in [0.717, 1.165) is 15.8 Å². The maximum atomic E-state index is 12.6. The van der Waals surface area contributed by atoms with Gasteiger partial charge in [-0.1, -0.05) is 60.0 Å². The highest BCUT2D eigenvalue weighted by Crippen LogP contribution is 2.25. The molecule has 3 aromatic heterocycles. The Hall–Kier alpha value is -2.50. The average molecular weight is 459 g/mol. The number of rotatable bonds is 8. The number of thioether (sulfide) groups is 2. The van der Waals surface area contributed by atoms with Crippen LogP contribution in [0.15, 0.2) is 50.8 Å². The Morgan fingerprint density at radius 3 is 2.83 bits per heavy atom. The molecule has 154 valence electrons. The number of carbonyl (C=O) groups is 1. The Labute approximate surface area is 184 Å². The molecule has 0 aliphatic rings. The van der Waals surface area contributed by atoms with E-state index in [1.165, 1.54) is 29.3 Å². The first-order chi connectivity index (χ1) is 14.5. The molecule has 1 unspecified atom stereocenters. The minimum atomic E-state index is -0.398. The summed E-state index contributed by atoms with van der Waals surface area (Å²) < 4.78 is 2.49. The fourth-order valence-corrected chi connectivity index (χ4v) is 5.37. The molecule has 0 aliphatic carbocycles. The lowest BCUT2D eigenvalue weighted by Crippen LogP contribution is -2.18. The third kappa shape index (κ3) is 4.47. The van der Waals surface area contributed by atoms with Crippen molar-refractivity contribution in [1.29, 1.82) is 0 Å². The molecular weight excluding hydrogens is 440 g/mol. The number of hydrogen-bond donors (Lipinski definition) is 1. The Morgan fingerprint density at radius 1 is 1.27 bits per heavy atom. The third-order valence-corrected chi connectivity index (χ3v) is 7.17. The molecule has 0 bridgehead atoms. The molecular formula is C19H18N6O2S3. The van der Waals surface area contributed by atoms with Gasteiger partial charge in [0.1, 0.15) is 10.4 Å². The smallest absolute Gasteiger partial charge is 0.262 e. The van der Waals surface area contributed by atoms with Crippen LogP contribution in [0.2, 0.25) is 0 Å². The van der Waals surface area contributed by atoms with Crippen LogP contribution >= 0.6 is 34.9 Å². The highest BCUT2D eigenvalue weighted by atomic mass is 32.2. The lowest BCUT2D eigenvalue weighted by molar-refractivity contribution is -0.117. The van der Waals surface area contributed by atoms with Gasteiger partial charge in [-0.15, -0.1) is 10.2 Å². The van der Waals surface area contributed by atoms with E-state index in [2.05, 4.69) is 25.3 Å². The van der Waals surface area contributed by atoms with Crippen molar-refractivity contribution in [2.24, 2.45) is 0 Å². The minimum absolute atomic E-state index is 0.00325. The molecule has 4 rings (SSSR count). The van der Waals surface area contributed by atoms with E-state index in [-0.39, 0.29) is 17.8 Å². The standard InChI is InChI=1S/C19H18N6O2S3/c1-3-28-19-24-23-15(30-19)9-14(26)11(2)29-18-21-16-13(17(27)22-18)10-20-25(16)12-7-5-4-6-8-12/h4-8,10-11H,3,9H2,1-2H3,(H,21,22,27). The number of Topliss-reactive ketones (excluding diaryl/α,β-unsaturated/α-hetero) is 1. The van der Waals surface area contributed by atoms with Crippen LogP contribution in [0, 0.1) is 0 Å². The van der Waals surface area contributed by atoms with Crippen molar-refractivity contribution >= 4 is 51.7 Å². The van der Waals surface area contributed by atoms with Crippen molar-refractivity contribution in [2.45, 2.75) is 35.0 Å². The zero-order valence-corrected chi connectivity index (χ0v) is 18.7. The van der Waals surface area contributed by atoms with Crippen LogP contribution in [0.1, 0.15) is 18.9 Å². The molecule has 0 aliphatic heterocycles. The van der Waals surface area contributed by atoms with E-state index in [9.17, 15) is 9.59 Å². The molecule has 1 N–H and O–H groups in total. The van der Waals surface area contributed by atoms with Crippen LogP contribution in [-0.2, 0) is 11.2 Å². The largest absolute Gasteiger partial charge is 0.301 e. The van der Waals surface area contributed by atoms with Gasteiger partial charge in [0.2, 0.25) is 0 Å². The zero-order chi connectivity index (χ0) is 21.1. The Bertz CT molecular complexity index is 1230. The summed E-state index contributed by atoms with van der Waals surface area (Å²) in [5.41, 5.74) is 0.981. The summed E-state index contributed by atoms with van der Waals surface area (Å²) in [5.74, 6) is 0.916. The van der Waals surface area contributed by atoms with Crippen molar-refractivity contribution in [1.82, 2.24) is 29.9 Å². The van der Waals surface area contributed by atoms with Crippen molar-refractivity contribution in [3.63, 3.8) is 0 Å². The fraction of sp³-hybridized carbons (Fsp3) is 0.263. The van der Waals surface area contributed by atoms with Crippen molar-refractivity contribution in [3.8, 4) is 5.69 Å². The molecule has 11 heteroatoms. The fourth-order valence-electron chi connectivity index (χ4n) is 2.73. The van der Waals surface area contributed by atoms with E-state index < -0.39 is 5.25 Å². The van der Waals surface area contributed by atoms with Gasteiger partial charge in [-0.3, -0.25) is 9.59 Å². The molecule has 4 aromatic rings. The summed E-state index contributed by atoms with van der Waals surface area (Å²) in [5, 5.41) is 13.5. The number of nitrogens with one attached hydrogen (secondary N) is 1. The molecule has 0 saturated carbocycles. The summed E-state index contributed by atoms with van der Waals surface area (Å²) >= 11 is 4.27. The number of para-hydroxylation sites is 1. The molecule has 1 aromatic carbocycles. The molecule has 30 heavy (non-hydrogen) atoms. The predicted molar refractivity (Wildman–Crippen MR) is 120 cm³/mol. The Kier molecular flexibility index (Phi) is 6.30. The van der Waals surface area contributed by atoms with Gasteiger partial charge in [-0.25, -0.2) is 9.67 Å². The summed E-state index contributed by atoms with van der Waals surface area (Å²) in [6.07, 6.45) is 1.71. The summed E-state index contributed by atoms with van der Waals surface area (Å²) in [6.45, 7) is 3.85. The monoisotopic (exact) mass is 458 g/mol. The molecule has 3 heterocycles. The third-order valence-electron chi connectivity index (χ3n) is 4.20. The van der Waals surface area contributed by atoms with Crippen LogP contribution in [0.3, 0.4) is 0 Å². The quantitative estimate of drug-likeness (QED) is 0.316. The highest BCUT2D eigenvalue weighted by molar-refractivity contribution is 8.01. The number of nitrogens with zero attached hydrogens (tertiary/aromatic N) is 5. The second-order valence-electron chi connectivity index (χ2n) is 6.30. The molecule has 0 fully saturated rings. The zero-order valence-electron chi connectivity index (χ0n) is 16.2. The first-order valence-electron chi connectivity index (χ1n) is 9.23. The van der Waals surface area contributed by atoms with Crippen LogP contribution in [0.5, 0.6) is 0 Å². The number of aromatic nitrogens is 6. The van der Waals surface area contributed by atoms with Gasteiger partial charge in [-0.05, 0) is 24.8 Å². The number of benzene rings is 1. The van der Waals surface area contributed by atoms with Crippen LogP contribution < -0.4 is 5.56 Å². The van der Waals surface area contributed by atoms with E-state index in [4.69, 9.17) is 0 Å². The number of hydrogen-bond acceptors (Lipinski definition) is 9. The maximum absolute atomic E-state index is 12.6. The summed E-state index contributed by atoms with van der Waals surface area (Å²) in [4.78, 5) is 32.4. The first kappa shape index (κ1) is 20.8. The lowest BCUT2D eigenvalue weighted by Gasteiger charge is -2.09. The van der Waals surface area contributed by atoms with Gasteiger partial charge in [0.05, 0.1) is 23.6 Å². The van der Waals surface area contributed by atoms with E-state index in [1.54, 1.807) is 23.4 Å².